The van der Waals surface area contributed by atoms with Crippen molar-refractivity contribution in [3.63, 3.8) is 0 Å². The molecule has 0 aliphatic rings. The van der Waals surface area contributed by atoms with Gasteiger partial charge in [0.15, 0.2) is 0 Å². The van der Waals surface area contributed by atoms with Gasteiger partial charge in [0.1, 0.15) is 11.5 Å². The predicted molar refractivity (Wildman–Crippen MR) is 96.3 cm³/mol. The van der Waals surface area contributed by atoms with Crippen LogP contribution in [-0.4, -0.2) is 39.7 Å². The maximum absolute atomic E-state index is 12.5. The van der Waals surface area contributed by atoms with Gasteiger partial charge in [-0.05, 0) is 48.5 Å². The second-order valence-corrected chi connectivity index (χ2v) is 9.46. The van der Waals surface area contributed by atoms with Crippen molar-refractivity contribution in [2.45, 2.75) is 29.1 Å². The molecule has 0 fully saturated rings. The van der Waals surface area contributed by atoms with Crippen molar-refractivity contribution < 1.29 is 34.7 Å². The lowest BCUT2D eigenvalue weighted by molar-refractivity contribution is -0.0436. The van der Waals surface area contributed by atoms with Gasteiger partial charge in [0.2, 0.25) is 10.0 Å². The van der Waals surface area contributed by atoms with Crippen molar-refractivity contribution in [2.24, 2.45) is 0 Å². The molecule has 0 N–H and O–H groups in total. The Morgan fingerprint density at radius 1 is 0.786 bits per heavy atom. The van der Waals surface area contributed by atoms with Crippen molar-refractivity contribution in [1.82, 2.24) is 4.31 Å². The van der Waals surface area contributed by atoms with E-state index in [9.17, 15) is 30.0 Å². The maximum atomic E-state index is 12.5. The summed E-state index contributed by atoms with van der Waals surface area (Å²) in [5, 5.41) is 0. The Hall–Kier alpha value is -2.11. The van der Waals surface area contributed by atoms with Crippen LogP contribution in [0.2, 0.25) is 0 Å². The molecule has 154 valence electrons. The Balaban J connectivity index is 2.19. The molecule has 2 aromatic carbocycles. The second-order valence-electron chi connectivity index (χ2n) is 5.58. The summed E-state index contributed by atoms with van der Waals surface area (Å²) in [5.74, 6) is 0.338. The van der Waals surface area contributed by atoms with Gasteiger partial charge in [0.25, 0.3) is 9.84 Å². The van der Waals surface area contributed by atoms with E-state index >= 15 is 0 Å². The summed E-state index contributed by atoms with van der Waals surface area (Å²) in [6, 6.07) is 9.25. The van der Waals surface area contributed by atoms with Crippen molar-refractivity contribution in [3.8, 4) is 11.5 Å². The SMILES string of the molecule is CCN(CC)S(=O)(=O)c1ccc(Oc2ccc(S(=O)(=O)C(F)(F)F)cc2)cc1. The molecule has 0 bridgehead atoms. The van der Waals surface area contributed by atoms with Crippen LogP contribution in [-0.2, 0) is 19.9 Å². The van der Waals surface area contributed by atoms with Crippen LogP contribution in [0, 0.1) is 0 Å². The first-order chi connectivity index (χ1) is 12.9. The van der Waals surface area contributed by atoms with Crippen LogP contribution in [0.1, 0.15) is 13.8 Å². The molecular formula is C17H18F3NO5S2. The maximum Gasteiger partial charge on any atom is 0.501 e. The van der Waals surface area contributed by atoms with Crippen LogP contribution in [0.25, 0.3) is 0 Å². The van der Waals surface area contributed by atoms with Gasteiger partial charge in [0.05, 0.1) is 9.79 Å². The molecule has 0 saturated heterocycles. The average Bonchev–Trinajstić information content (AvgIpc) is 2.62. The molecule has 0 radical (unpaired) electrons. The number of benzene rings is 2. The first-order valence-corrected chi connectivity index (χ1v) is 11.0. The number of hydrogen-bond donors (Lipinski definition) is 0. The first-order valence-electron chi connectivity index (χ1n) is 8.13. The zero-order chi connectivity index (χ0) is 21.2. The lowest BCUT2D eigenvalue weighted by atomic mass is 10.3. The molecule has 0 atom stereocenters. The summed E-state index contributed by atoms with van der Waals surface area (Å²) in [4.78, 5) is -0.816. The van der Waals surface area contributed by atoms with E-state index in [4.69, 9.17) is 4.74 Å². The highest BCUT2D eigenvalue weighted by molar-refractivity contribution is 7.92. The molecule has 6 nitrogen and oxygen atoms in total. The number of alkyl halides is 3. The number of hydrogen-bond acceptors (Lipinski definition) is 5. The highest BCUT2D eigenvalue weighted by Crippen LogP contribution is 2.32. The number of nitrogens with zero attached hydrogens (tertiary/aromatic N) is 1. The van der Waals surface area contributed by atoms with E-state index in [-0.39, 0.29) is 16.4 Å². The van der Waals surface area contributed by atoms with Crippen molar-refractivity contribution in [1.29, 1.82) is 0 Å². The normalized spacial score (nSPS) is 12.9. The summed E-state index contributed by atoms with van der Waals surface area (Å²) < 4.78 is 91.8. The Morgan fingerprint density at radius 3 is 1.54 bits per heavy atom. The van der Waals surface area contributed by atoms with E-state index in [0.717, 1.165) is 24.3 Å². The lowest BCUT2D eigenvalue weighted by Gasteiger charge is -2.18. The zero-order valence-corrected chi connectivity index (χ0v) is 16.6. The minimum atomic E-state index is -5.43. The van der Waals surface area contributed by atoms with E-state index in [0.29, 0.717) is 13.1 Å². The number of ether oxygens (including phenoxy) is 1. The van der Waals surface area contributed by atoms with E-state index in [1.165, 1.54) is 28.6 Å². The first kappa shape index (κ1) is 22.2. The van der Waals surface area contributed by atoms with Gasteiger partial charge in [-0.2, -0.15) is 17.5 Å². The summed E-state index contributed by atoms with van der Waals surface area (Å²) >= 11 is 0. The Bertz CT molecular complexity index is 1010. The average molecular weight is 437 g/mol. The fraction of sp³-hybridized carbons (Fsp3) is 0.294. The molecule has 0 unspecified atom stereocenters. The van der Waals surface area contributed by atoms with Gasteiger partial charge < -0.3 is 4.74 Å². The molecular weight excluding hydrogens is 419 g/mol. The number of sulfonamides is 1. The molecule has 11 heteroatoms. The highest BCUT2D eigenvalue weighted by Gasteiger charge is 2.46. The summed E-state index contributed by atoms with van der Waals surface area (Å²) in [6.45, 7) is 4.09. The van der Waals surface area contributed by atoms with Crippen molar-refractivity contribution >= 4 is 19.9 Å². The van der Waals surface area contributed by atoms with Gasteiger partial charge in [0, 0.05) is 13.1 Å². The number of sulfone groups is 1. The summed E-state index contributed by atoms with van der Waals surface area (Å²) in [6.07, 6.45) is 0. The zero-order valence-electron chi connectivity index (χ0n) is 15.0. The fourth-order valence-electron chi connectivity index (χ4n) is 2.35. The Kier molecular flexibility index (Phi) is 6.41. The molecule has 0 aromatic heterocycles. The van der Waals surface area contributed by atoms with Crippen LogP contribution in [0.3, 0.4) is 0 Å². The molecule has 0 amide bonds. The third-order valence-corrected chi connectivity index (χ3v) is 7.41. The van der Waals surface area contributed by atoms with Gasteiger partial charge in [-0.3, -0.25) is 0 Å². The minimum Gasteiger partial charge on any atom is -0.457 e. The third-order valence-electron chi connectivity index (χ3n) is 3.84. The van der Waals surface area contributed by atoms with E-state index in [2.05, 4.69) is 0 Å². The number of halogens is 3. The predicted octanol–water partition coefficient (Wildman–Crippen LogP) is 3.80. The van der Waals surface area contributed by atoms with Crippen LogP contribution >= 0.6 is 0 Å². The highest BCUT2D eigenvalue weighted by atomic mass is 32.2. The van der Waals surface area contributed by atoms with Gasteiger partial charge in [-0.15, -0.1) is 0 Å². The molecule has 2 rings (SSSR count). The standard InChI is InChI=1S/C17H18F3NO5S2/c1-3-21(4-2)28(24,25)16-11-7-14(8-12-16)26-13-5-9-15(10-6-13)27(22,23)17(18,19)20/h5-12H,3-4H2,1-2H3. The van der Waals surface area contributed by atoms with E-state index in [1.807, 2.05) is 0 Å². The molecule has 28 heavy (non-hydrogen) atoms. The quantitative estimate of drug-likeness (QED) is 0.658. The Morgan fingerprint density at radius 2 is 1.18 bits per heavy atom. The monoisotopic (exact) mass is 437 g/mol. The van der Waals surface area contributed by atoms with E-state index in [1.54, 1.807) is 13.8 Å². The van der Waals surface area contributed by atoms with Crippen molar-refractivity contribution in [2.75, 3.05) is 13.1 Å². The molecule has 0 aliphatic heterocycles. The van der Waals surface area contributed by atoms with Crippen LogP contribution < -0.4 is 4.74 Å². The van der Waals surface area contributed by atoms with Crippen LogP contribution in [0.15, 0.2) is 58.3 Å². The molecule has 0 spiro atoms. The topological polar surface area (TPSA) is 80.8 Å². The third kappa shape index (κ3) is 4.47. The fourth-order valence-corrected chi connectivity index (χ4v) is 4.57. The Labute approximate surface area is 161 Å². The molecule has 0 heterocycles. The smallest absolute Gasteiger partial charge is 0.457 e. The molecule has 0 saturated carbocycles. The van der Waals surface area contributed by atoms with E-state index < -0.39 is 30.3 Å². The van der Waals surface area contributed by atoms with Gasteiger partial charge in [-0.1, -0.05) is 13.8 Å². The van der Waals surface area contributed by atoms with Crippen LogP contribution in [0.5, 0.6) is 11.5 Å². The summed E-state index contributed by atoms with van der Waals surface area (Å²) in [5.41, 5.74) is -5.39. The lowest BCUT2D eigenvalue weighted by Crippen LogP contribution is -2.30. The van der Waals surface area contributed by atoms with Gasteiger partial charge in [-0.25, -0.2) is 16.8 Å². The van der Waals surface area contributed by atoms with Crippen LogP contribution in [0.4, 0.5) is 13.2 Å². The summed E-state index contributed by atoms with van der Waals surface area (Å²) in [7, 11) is -9.05. The molecule has 0 aliphatic carbocycles. The molecule has 2 aromatic rings. The largest absolute Gasteiger partial charge is 0.501 e. The minimum absolute atomic E-state index is 0.0789. The second kappa shape index (κ2) is 8.10. The van der Waals surface area contributed by atoms with Crippen molar-refractivity contribution in [3.05, 3.63) is 48.5 Å². The number of rotatable bonds is 7. The van der Waals surface area contributed by atoms with Gasteiger partial charge >= 0.3 is 5.51 Å².